The Morgan fingerprint density at radius 1 is 1.10 bits per heavy atom. The van der Waals surface area contributed by atoms with Crippen LogP contribution in [0.1, 0.15) is 25.3 Å². The number of hydrogen-bond acceptors (Lipinski definition) is 5. The molecule has 1 atom stereocenters. The van der Waals surface area contributed by atoms with Crippen molar-refractivity contribution in [3.8, 4) is 0 Å². The van der Waals surface area contributed by atoms with Gasteiger partial charge in [-0.3, -0.25) is 9.59 Å². The van der Waals surface area contributed by atoms with Crippen molar-refractivity contribution >= 4 is 17.7 Å². The maximum absolute atomic E-state index is 13.7. The van der Waals surface area contributed by atoms with E-state index >= 15 is 0 Å². The third kappa shape index (κ3) is 3.63. The molecule has 0 fully saturated rings. The first-order chi connectivity index (χ1) is 9.52. The molecule has 0 aliphatic rings. The molecule has 0 amide bonds. The van der Waals surface area contributed by atoms with Gasteiger partial charge < -0.3 is 9.47 Å². The Kier molecular flexibility index (Phi) is 5.83. The van der Waals surface area contributed by atoms with E-state index in [-0.39, 0.29) is 18.8 Å². The van der Waals surface area contributed by atoms with E-state index in [1.165, 1.54) is 25.1 Å². The molecule has 5 nitrogen and oxygen atoms in total. The predicted octanol–water partition coefficient (Wildman–Crippen LogP) is 1.60. The van der Waals surface area contributed by atoms with Crippen LogP contribution in [0.15, 0.2) is 24.3 Å². The minimum absolute atomic E-state index is 0.0138. The molecule has 0 bridgehead atoms. The summed E-state index contributed by atoms with van der Waals surface area (Å²) in [4.78, 5) is 35.3. The van der Waals surface area contributed by atoms with E-state index in [4.69, 9.17) is 4.74 Å². The normalized spacial score (nSPS) is 11.6. The van der Waals surface area contributed by atoms with Crippen molar-refractivity contribution in [2.75, 3.05) is 13.2 Å². The van der Waals surface area contributed by atoms with Crippen molar-refractivity contribution < 1.29 is 28.2 Å². The van der Waals surface area contributed by atoms with E-state index in [9.17, 15) is 18.8 Å². The van der Waals surface area contributed by atoms with Gasteiger partial charge in [0.05, 0.1) is 13.2 Å². The van der Waals surface area contributed by atoms with Gasteiger partial charge in [0.15, 0.2) is 5.92 Å². The highest BCUT2D eigenvalue weighted by Gasteiger charge is 2.37. The number of hydrogen-bond donors (Lipinski definition) is 0. The molecule has 1 aromatic rings. The van der Waals surface area contributed by atoms with E-state index in [0.29, 0.717) is 0 Å². The van der Waals surface area contributed by atoms with Crippen LogP contribution in [0.3, 0.4) is 0 Å². The van der Waals surface area contributed by atoms with E-state index in [0.717, 1.165) is 6.07 Å². The van der Waals surface area contributed by atoms with Crippen LogP contribution in [0.25, 0.3) is 0 Å². The van der Waals surface area contributed by atoms with Crippen LogP contribution in [0.4, 0.5) is 4.39 Å². The Hall–Kier alpha value is -2.24. The molecule has 0 saturated heterocycles. The van der Waals surface area contributed by atoms with Crippen LogP contribution < -0.4 is 0 Å². The Morgan fingerprint density at radius 3 is 2.25 bits per heavy atom. The van der Waals surface area contributed by atoms with Crippen LogP contribution in [0.5, 0.6) is 0 Å². The maximum atomic E-state index is 13.7. The van der Waals surface area contributed by atoms with Gasteiger partial charge in [-0.25, -0.2) is 9.18 Å². The molecule has 0 radical (unpaired) electrons. The first-order valence-electron chi connectivity index (χ1n) is 6.14. The summed E-state index contributed by atoms with van der Waals surface area (Å²) in [5.74, 6) is -5.71. The molecule has 1 aromatic carbocycles. The highest BCUT2D eigenvalue weighted by atomic mass is 19.1. The molecular weight excluding hydrogens is 267 g/mol. The van der Waals surface area contributed by atoms with Crippen molar-refractivity contribution in [2.45, 2.75) is 19.8 Å². The Bertz CT molecular complexity index is 512. The first-order valence-corrected chi connectivity index (χ1v) is 6.14. The molecule has 0 saturated carbocycles. The van der Waals surface area contributed by atoms with Crippen molar-refractivity contribution in [2.24, 2.45) is 0 Å². The van der Waals surface area contributed by atoms with E-state index in [2.05, 4.69) is 4.74 Å². The van der Waals surface area contributed by atoms with E-state index < -0.39 is 29.5 Å². The molecule has 6 heteroatoms. The zero-order valence-corrected chi connectivity index (χ0v) is 11.2. The number of rotatable bonds is 6. The Labute approximate surface area is 115 Å². The van der Waals surface area contributed by atoms with Gasteiger partial charge >= 0.3 is 11.9 Å². The SMILES string of the molecule is CCOC(=O)C(=O)[C@@H](C(=O)OCC)c1ccccc1F. The summed E-state index contributed by atoms with van der Waals surface area (Å²) < 4.78 is 23.0. The summed E-state index contributed by atoms with van der Waals surface area (Å²) in [6, 6.07) is 5.23. The van der Waals surface area contributed by atoms with Crippen LogP contribution in [-0.2, 0) is 23.9 Å². The van der Waals surface area contributed by atoms with Crippen LogP contribution in [-0.4, -0.2) is 30.9 Å². The largest absolute Gasteiger partial charge is 0.465 e. The average Bonchev–Trinajstić information content (AvgIpc) is 2.41. The number of Topliss-reactive ketones (excluding diaryl/α,β-unsaturated/α-hetero) is 1. The maximum Gasteiger partial charge on any atom is 0.375 e. The summed E-state index contributed by atoms with van der Waals surface area (Å²) in [6.07, 6.45) is 0. The number of halogens is 1. The molecule has 0 unspecified atom stereocenters. The zero-order valence-electron chi connectivity index (χ0n) is 11.2. The number of ether oxygens (including phenoxy) is 2. The summed E-state index contributed by atoms with van der Waals surface area (Å²) >= 11 is 0. The lowest BCUT2D eigenvalue weighted by Gasteiger charge is -2.14. The van der Waals surface area contributed by atoms with Gasteiger partial charge in [-0.15, -0.1) is 0 Å². The molecule has 108 valence electrons. The predicted molar refractivity (Wildman–Crippen MR) is 67.4 cm³/mol. The van der Waals surface area contributed by atoms with E-state index in [1.54, 1.807) is 6.92 Å². The second-order valence-electron chi connectivity index (χ2n) is 3.79. The second kappa shape index (κ2) is 7.37. The number of ketones is 1. The molecular formula is C14H15FO5. The quantitative estimate of drug-likeness (QED) is 0.450. The summed E-state index contributed by atoms with van der Waals surface area (Å²) in [5.41, 5.74) is -0.205. The van der Waals surface area contributed by atoms with Crippen LogP contribution >= 0.6 is 0 Å². The topological polar surface area (TPSA) is 69.7 Å². The van der Waals surface area contributed by atoms with Crippen molar-refractivity contribution in [3.05, 3.63) is 35.6 Å². The monoisotopic (exact) mass is 282 g/mol. The summed E-state index contributed by atoms with van der Waals surface area (Å²) in [7, 11) is 0. The zero-order chi connectivity index (χ0) is 15.1. The van der Waals surface area contributed by atoms with Crippen molar-refractivity contribution in [1.29, 1.82) is 0 Å². The molecule has 0 aromatic heterocycles. The number of carbonyl (C=O) groups excluding carboxylic acids is 3. The molecule has 0 aliphatic heterocycles. The molecule has 0 aliphatic carbocycles. The minimum Gasteiger partial charge on any atom is -0.465 e. The molecule has 0 heterocycles. The summed E-state index contributed by atoms with van der Waals surface area (Å²) in [6.45, 7) is 3.07. The second-order valence-corrected chi connectivity index (χ2v) is 3.79. The van der Waals surface area contributed by atoms with Gasteiger partial charge in [-0.1, -0.05) is 18.2 Å². The fourth-order valence-corrected chi connectivity index (χ4v) is 1.63. The number of benzene rings is 1. The Morgan fingerprint density at radius 2 is 1.70 bits per heavy atom. The van der Waals surface area contributed by atoms with Crippen molar-refractivity contribution in [3.63, 3.8) is 0 Å². The highest BCUT2D eigenvalue weighted by Crippen LogP contribution is 2.22. The highest BCUT2D eigenvalue weighted by molar-refractivity contribution is 6.39. The third-order valence-corrected chi connectivity index (χ3v) is 2.48. The fraction of sp³-hybridized carbons (Fsp3) is 0.357. The van der Waals surface area contributed by atoms with Gasteiger partial charge in [0.25, 0.3) is 5.78 Å². The van der Waals surface area contributed by atoms with Gasteiger partial charge in [0, 0.05) is 5.56 Å². The third-order valence-electron chi connectivity index (χ3n) is 2.48. The van der Waals surface area contributed by atoms with Gasteiger partial charge in [0.1, 0.15) is 5.82 Å². The lowest BCUT2D eigenvalue weighted by molar-refractivity contribution is -0.159. The van der Waals surface area contributed by atoms with Crippen molar-refractivity contribution in [1.82, 2.24) is 0 Å². The van der Waals surface area contributed by atoms with Gasteiger partial charge in [0.2, 0.25) is 0 Å². The lowest BCUT2D eigenvalue weighted by Crippen LogP contribution is -2.31. The number of esters is 2. The molecule has 20 heavy (non-hydrogen) atoms. The fourth-order valence-electron chi connectivity index (χ4n) is 1.63. The standard InChI is InChI=1S/C14H15FO5/c1-3-19-13(17)11(12(16)14(18)20-4-2)9-7-5-6-8-10(9)15/h5-8,11H,3-4H2,1-2H3/t11-/m0/s1. The minimum atomic E-state index is -1.64. The molecule has 0 spiro atoms. The molecule has 1 rings (SSSR count). The van der Waals surface area contributed by atoms with Gasteiger partial charge in [-0.05, 0) is 19.9 Å². The average molecular weight is 282 g/mol. The Balaban J connectivity index is 3.16. The first kappa shape index (κ1) is 15.8. The van der Waals surface area contributed by atoms with Crippen LogP contribution in [0.2, 0.25) is 0 Å². The number of carbonyl (C=O) groups is 3. The van der Waals surface area contributed by atoms with Gasteiger partial charge in [-0.2, -0.15) is 0 Å². The lowest BCUT2D eigenvalue weighted by atomic mass is 9.94. The van der Waals surface area contributed by atoms with E-state index in [1.807, 2.05) is 0 Å². The summed E-state index contributed by atoms with van der Waals surface area (Å²) in [5, 5.41) is 0. The molecule has 0 N–H and O–H groups in total. The smallest absolute Gasteiger partial charge is 0.375 e. The van der Waals surface area contributed by atoms with Crippen LogP contribution in [0, 0.1) is 5.82 Å².